The number of fused-ring (bicyclic) bond motifs is 11. The standard InChI is InChI=1S/C58H36FN3OS/c1-58(59)30-28-37(29-31-58)47-33-48-51-46(18-9-19-49(51)63-53(48)44-15-7-6-14-43(44)47)57-61-55(60-56(62-57)40-25-20-34-10-2-3-12-39(34)32-40)38-23-21-36(22-24-38)42-16-8-17-45-52-41-13-5-4-11-35(41)26-27-50(52)64-54(42)45/h2-30,32-33H,31H2,1H3. The maximum Gasteiger partial charge on any atom is 0.164 e. The number of halogens is 1. The lowest BCUT2D eigenvalue weighted by Crippen LogP contribution is -2.15. The van der Waals surface area contributed by atoms with E-state index in [0.29, 0.717) is 23.9 Å². The molecule has 1 aliphatic rings. The summed E-state index contributed by atoms with van der Waals surface area (Å²) in [5.74, 6) is 1.71. The van der Waals surface area contributed by atoms with Crippen LogP contribution in [0.15, 0.2) is 193 Å². The van der Waals surface area contributed by atoms with Crippen LogP contribution in [0.4, 0.5) is 4.39 Å². The number of hydrogen-bond acceptors (Lipinski definition) is 5. The first-order valence-electron chi connectivity index (χ1n) is 21.6. The van der Waals surface area contributed by atoms with E-state index >= 15 is 0 Å². The summed E-state index contributed by atoms with van der Waals surface area (Å²) >= 11 is 1.85. The Morgan fingerprint density at radius 3 is 2.00 bits per heavy atom. The molecule has 9 aromatic carbocycles. The number of benzene rings is 9. The third-order valence-electron chi connectivity index (χ3n) is 12.9. The van der Waals surface area contributed by atoms with Gasteiger partial charge in [0.15, 0.2) is 17.5 Å². The molecule has 0 saturated heterocycles. The molecular weight excluding hydrogens is 806 g/mol. The molecule has 1 aliphatic carbocycles. The number of nitrogens with zero attached hydrogens (tertiary/aromatic N) is 3. The second kappa shape index (κ2) is 14.1. The molecule has 0 spiro atoms. The van der Waals surface area contributed by atoms with E-state index < -0.39 is 5.67 Å². The highest BCUT2D eigenvalue weighted by Crippen LogP contribution is 2.45. The van der Waals surface area contributed by atoms with Crippen molar-refractivity contribution < 1.29 is 8.81 Å². The smallest absolute Gasteiger partial charge is 0.164 e. The van der Waals surface area contributed by atoms with Crippen LogP contribution in [0.25, 0.3) is 125 Å². The fourth-order valence-corrected chi connectivity index (χ4v) is 10.9. The Morgan fingerprint density at radius 2 is 1.17 bits per heavy atom. The molecule has 3 heterocycles. The molecule has 12 aromatic rings. The van der Waals surface area contributed by atoms with Crippen molar-refractivity contribution in [2.24, 2.45) is 0 Å². The van der Waals surface area contributed by atoms with E-state index in [1.807, 2.05) is 47.8 Å². The zero-order valence-corrected chi connectivity index (χ0v) is 35.5. The molecule has 0 N–H and O–H groups in total. The van der Waals surface area contributed by atoms with E-state index in [9.17, 15) is 4.39 Å². The Labute approximate surface area is 371 Å². The van der Waals surface area contributed by atoms with Crippen LogP contribution >= 0.6 is 11.3 Å². The van der Waals surface area contributed by atoms with Gasteiger partial charge in [0.25, 0.3) is 0 Å². The summed E-state index contributed by atoms with van der Waals surface area (Å²) in [5, 5.41) is 11.3. The Hall–Kier alpha value is -7.80. The topological polar surface area (TPSA) is 51.8 Å². The average molecular weight is 842 g/mol. The molecule has 0 saturated carbocycles. The van der Waals surface area contributed by atoms with Gasteiger partial charge < -0.3 is 4.42 Å². The summed E-state index contributed by atoms with van der Waals surface area (Å²) in [6.45, 7) is 1.62. The number of rotatable bonds is 5. The lowest BCUT2D eigenvalue weighted by Gasteiger charge is -2.20. The lowest BCUT2D eigenvalue weighted by atomic mass is 9.88. The van der Waals surface area contributed by atoms with Crippen molar-refractivity contribution in [3.8, 4) is 45.3 Å². The number of aromatic nitrogens is 3. The van der Waals surface area contributed by atoms with Gasteiger partial charge in [0.05, 0.1) is 0 Å². The molecule has 3 aromatic heterocycles. The van der Waals surface area contributed by atoms with Crippen LogP contribution in [0.1, 0.15) is 18.9 Å². The number of alkyl halides is 1. The van der Waals surface area contributed by atoms with Crippen molar-refractivity contribution in [2.45, 2.75) is 19.0 Å². The van der Waals surface area contributed by atoms with Gasteiger partial charge in [0.2, 0.25) is 0 Å². The number of thiophene rings is 1. The first-order chi connectivity index (χ1) is 31.4. The number of allylic oxidation sites excluding steroid dienone is 4. The SMILES string of the molecule is CC1(F)C=CC(c2cc3c(oc4cccc(-c5nc(-c6ccc(-c7cccc8c7sc7ccc9ccccc9c78)cc6)nc(-c6ccc7ccccc7c6)n5)c43)c3ccccc23)=CC1. The van der Waals surface area contributed by atoms with E-state index in [4.69, 9.17) is 19.4 Å². The first kappa shape index (κ1) is 36.8. The summed E-state index contributed by atoms with van der Waals surface area (Å²) in [5.41, 5.74) is 7.13. The van der Waals surface area contributed by atoms with Crippen LogP contribution in [-0.4, -0.2) is 20.6 Å². The zero-order valence-electron chi connectivity index (χ0n) is 34.6. The summed E-state index contributed by atoms with van der Waals surface area (Å²) in [6, 6.07) is 59.6. The third-order valence-corrected chi connectivity index (χ3v) is 14.1. The summed E-state index contributed by atoms with van der Waals surface area (Å²) in [4.78, 5) is 15.7. The van der Waals surface area contributed by atoms with Crippen molar-refractivity contribution in [3.05, 3.63) is 194 Å². The van der Waals surface area contributed by atoms with Crippen LogP contribution in [0.5, 0.6) is 0 Å². The fraction of sp³-hybridized carbons (Fsp3) is 0.0517. The van der Waals surface area contributed by atoms with Crippen LogP contribution in [0.3, 0.4) is 0 Å². The summed E-state index contributed by atoms with van der Waals surface area (Å²) < 4.78 is 24.3. The molecule has 0 fully saturated rings. The Bertz CT molecular complexity index is 3970. The van der Waals surface area contributed by atoms with E-state index in [1.54, 1.807) is 13.0 Å². The fourth-order valence-electron chi connectivity index (χ4n) is 9.66. The van der Waals surface area contributed by atoms with Crippen LogP contribution in [0.2, 0.25) is 0 Å². The van der Waals surface area contributed by atoms with Crippen molar-refractivity contribution in [3.63, 3.8) is 0 Å². The Balaban J connectivity index is 0.989. The molecule has 0 bridgehead atoms. The molecule has 1 unspecified atom stereocenters. The summed E-state index contributed by atoms with van der Waals surface area (Å²) in [6.07, 6.45) is 5.89. The molecular formula is C58H36FN3OS. The maximum absolute atomic E-state index is 15.0. The van der Waals surface area contributed by atoms with Gasteiger partial charge in [-0.2, -0.15) is 0 Å². The molecule has 0 amide bonds. The second-order valence-corrected chi connectivity index (χ2v) is 18.0. The second-order valence-electron chi connectivity index (χ2n) is 17.0. The minimum absolute atomic E-state index is 0.312. The molecule has 6 heteroatoms. The molecule has 1 atom stereocenters. The predicted octanol–water partition coefficient (Wildman–Crippen LogP) is 16.3. The van der Waals surface area contributed by atoms with Gasteiger partial charge in [0.1, 0.15) is 16.8 Å². The number of hydrogen-bond donors (Lipinski definition) is 0. The van der Waals surface area contributed by atoms with Crippen molar-refractivity contribution in [1.82, 2.24) is 15.0 Å². The van der Waals surface area contributed by atoms with E-state index in [0.717, 1.165) is 76.9 Å². The largest absolute Gasteiger partial charge is 0.455 e. The predicted molar refractivity (Wildman–Crippen MR) is 266 cm³/mol. The highest BCUT2D eigenvalue weighted by molar-refractivity contribution is 7.26. The van der Waals surface area contributed by atoms with Crippen LogP contribution in [0, 0.1) is 0 Å². The van der Waals surface area contributed by atoms with Gasteiger partial charge in [0, 0.05) is 59.4 Å². The third kappa shape index (κ3) is 5.90. The minimum atomic E-state index is -1.37. The quantitative estimate of drug-likeness (QED) is 0.173. The summed E-state index contributed by atoms with van der Waals surface area (Å²) in [7, 11) is 0. The van der Waals surface area contributed by atoms with Gasteiger partial charge in [-0.1, -0.05) is 158 Å². The zero-order chi connectivity index (χ0) is 42.5. The van der Waals surface area contributed by atoms with Crippen molar-refractivity contribution in [2.75, 3.05) is 0 Å². The van der Waals surface area contributed by atoms with Gasteiger partial charge in [-0.05, 0) is 86.5 Å². The van der Waals surface area contributed by atoms with E-state index in [-0.39, 0.29) is 0 Å². The highest BCUT2D eigenvalue weighted by atomic mass is 32.1. The first-order valence-corrected chi connectivity index (χ1v) is 22.4. The Kier molecular flexibility index (Phi) is 8.12. The van der Waals surface area contributed by atoms with E-state index in [1.165, 1.54) is 36.5 Å². The van der Waals surface area contributed by atoms with Crippen LogP contribution in [-0.2, 0) is 0 Å². The van der Waals surface area contributed by atoms with Gasteiger partial charge >= 0.3 is 0 Å². The van der Waals surface area contributed by atoms with Gasteiger partial charge in [-0.15, -0.1) is 11.3 Å². The van der Waals surface area contributed by atoms with Crippen molar-refractivity contribution in [1.29, 1.82) is 0 Å². The monoisotopic (exact) mass is 841 g/mol. The molecule has 0 radical (unpaired) electrons. The molecule has 64 heavy (non-hydrogen) atoms. The maximum atomic E-state index is 15.0. The van der Waals surface area contributed by atoms with Crippen LogP contribution < -0.4 is 0 Å². The number of furan rings is 1. The highest BCUT2D eigenvalue weighted by Gasteiger charge is 2.25. The van der Waals surface area contributed by atoms with Crippen molar-refractivity contribution >= 4 is 91.3 Å². The minimum Gasteiger partial charge on any atom is -0.455 e. The normalized spacial score (nSPS) is 15.4. The van der Waals surface area contributed by atoms with Gasteiger partial charge in [-0.25, -0.2) is 19.3 Å². The molecule has 4 nitrogen and oxygen atoms in total. The Morgan fingerprint density at radius 1 is 0.516 bits per heavy atom. The average Bonchev–Trinajstić information content (AvgIpc) is 3.93. The molecule has 302 valence electrons. The van der Waals surface area contributed by atoms with Gasteiger partial charge in [-0.3, -0.25) is 0 Å². The van der Waals surface area contributed by atoms with E-state index in [2.05, 4.69) is 146 Å². The molecule has 0 aliphatic heterocycles. The lowest BCUT2D eigenvalue weighted by molar-refractivity contribution is 0.260. The molecule has 13 rings (SSSR count).